The molecule has 5 heteroatoms. The first-order valence-electron chi connectivity index (χ1n) is 11.2. The Morgan fingerprint density at radius 3 is 2.73 bits per heavy atom. The van der Waals surface area contributed by atoms with Crippen LogP contribution in [-0.4, -0.2) is 45.9 Å². The molecule has 2 aliphatic rings. The van der Waals surface area contributed by atoms with Gasteiger partial charge in [0.05, 0.1) is 11.4 Å². The predicted molar refractivity (Wildman–Crippen MR) is 119 cm³/mol. The van der Waals surface area contributed by atoms with Gasteiger partial charge in [-0.25, -0.2) is 4.98 Å². The van der Waals surface area contributed by atoms with Crippen LogP contribution in [-0.2, 0) is 11.2 Å². The number of aryl methyl sites for hydroxylation is 1. The van der Waals surface area contributed by atoms with Gasteiger partial charge >= 0.3 is 0 Å². The van der Waals surface area contributed by atoms with Gasteiger partial charge in [-0.3, -0.25) is 4.79 Å². The smallest absolute Gasteiger partial charge is 0.226 e. The molecule has 1 unspecified atom stereocenters. The van der Waals surface area contributed by atoms with Gasteiger partial charge in [0.2, 0.25) is 5.91 Å². The average molecular weight is 403 g/mol. The van der Waals surface area contributed by atoms with E-state index in [0.29, 0.717) is 5.91 Å². The van der Waals surface area contributed by atoms with E-state index in [0.717, 1.165) is 55.8 Å². The Morgan fingerprint density at radius 2 is 1.93 bits per heavy atom. The second-order valence-electron chi connectivity index (χ2n) is 8.78. The van der Waals surface area contributed by atoms with Gasteiger partial charge in [0.15, 0.2) is 0 Å². The molecular weight excluding hydrogens is 372 g/mol. The first-order chi connectivity index (χ1) is 14.7. The van der Waals surface area contributed by atoms with Gasteiger partial charge in [0.1, 0.15) is 5.65 Å². The molecule has 3 heterocycles. The number of hydrogen-bond acceptors (Lipinski definition) is 3. The summed E-state index contributed by atoms with van der Waals surface area (Å²) in [6.45, 7) is 4.63. The molecule has 30 heavy (non-hydrogen) atoms. The van der Waals surface area contributed by atoms with Crippen LogP contribution in [0.2, 0.25) is 0 Å². The monoisotopic (exact) mass is 402 g/mol. The van der Waals surface area contributed by atoms with Gasteiger partial charge in [0, 0.05) is 49.8 Å². The number of rotatable bonds is 4. The van der Waals surface area contributed by atoms with Crippen LogP contribution in [0.15, 0.2) is 48.7 Å². The van der Waals surface area contributed by atoms with Crippen LogP contribution in [0.3, 0.4) is 0 Å². The minimum Gasteiger partial charge on any atom is -0.337 e. The highest BCUT2D eigenvalue weighted by Gasteiger charge is 2.34. The van der Waals surface area contributed by atoms with E-state index in [-0.39, 0.29) is 12.0 Å². The summed E-state index contributed by atoms with van der Waals surface area (Å²) < 4.78 is 2.20. The van der Waals surface area contributed by atoms with Crippen molar-refractivity contribution < 1.29 is 4.79 Å². The Morgan fingerprint density at radius 1 is 1.13 bits per heavy atom. The summed E-state index contributed by atoms with van der Waals surface area (Å²) in [5.41, 5.74) is 5.55. The number of benzene rings is 1. The van der Waals surface area contributed by atoms with Crippen LogP contribution in [0, 0.1) is 12.8 Å². The molecule has 1 saturated carbocycles. The third-order valence-corrected chi connectivity index (χ3v) is 6.72. The van der Waals surface area contributed by atoms with Crippen LogP contribution in [0.5, 0.6) is 0 Å². The molecule has 5 nitrogen and oxygen atoms in total. The molecule has 3 aromatic rings. The highest BCUT2D eigenvalue weighted by Crippen LogP contribution is 2.30. The molecule has 1 amide bonds. The second kappa shape index (κ2) is 8.23. The summed E-state index contributed by atoms with van der Waals surface area (Å²) in [5, 5.41) is 3.51. The lowest BCUT2D eigenvalue weighted by atomic mass is 9.99. The van der Waals surface area contributed by atoms with Crippen molar-refractivity contribution in [3.05, 3.63) is 59.9 Å². The standard InChI is InChI=1S/C25H30N4O/c1-18-9-11-19(12-10-18)24-22(29-14-5-4-8-23(29)27-24)16-21-17-26-13-15-28(21)25(30)20-6-2-3-7-20/h4-5,8-12,14,20-21,26H,2-3,6-7,13,15-17H2,1H3. The van der Waals surface area contributed by atoms with Crippen LogP contribution in [0.4, 0.5) is 0 Å². The number of imidazole rings is 1. The molecule has 1 saturated heterocycles. The van der Waals surface area contributed by atoms with E-state index in [2.05, 4.69) is 64.1 Å². The molecular formula is C25H30N4O. The molecule has 5 rings (SSSR count). The lowest BCUT2D eigenvalue weighted by molar-refractivity contribution is -0.138. The number of carbonyl (C=O) groups is 1. The lowest BCUT2D eigenvalue weighted by Gasteiger charge is -2.38. The van der Waals surface area contributed by atoms with E-state index in [1.807, 2.05) is 6.07 Å². The topological polar surface area (TPSA) is 49.6 Å². The highest BCUT2D eigenvalue weighted by atomic mass is 16.2. The van der Waals surface area contributed by atoms with E-state index in [9.17, 15) is 4.79 Å². The van der Waals surface area contributed by atoms with Gasteiger partial charge in [0.25, 0.3) is 0 Å². The van der Waals surface area contributed by atoms with Gasteiger partial charge < -0.3 is 14.6 Å². The molecule has 1 aromatic carbocycles. The summed E-state index contributed by atoms with van der Waals surface area (Å²) in [7, 11) is 0. The molecule has 0 spiro atoms. The first kappa shape index (κ1) is 19.3. The maximum absolute atomic E-state index is 13.3. The minimum atomic E-state index is 0.163. The van der Waals surface area contributed by atoms with Gasteiger partial charge in [-0.1, -0.05) is 48.7 Å². The lowest BCUT2D eigenvalue weighted by Crippen LogP contribution is -2.55. The molecule has 156 valence electrons. The van der Waals surface area contributed by atoms with Crippen molar-refractivity contribution in [2.24, 2.45) is 5.92 Å². The predicted octanol–water partition coefficient (Wildman–Crippen LogP) is 3.84. The molecule has 1 aliphatic heterocycles. The first-order valence-corrected chi connectivity index (χ1v) is 11.2. The summed E-state index contributed by atoms with van der Waals surface area (Å²) in [6, 6.07) is 14.9. The molecule has 2 aromatic heterocycles. The number of fused-ring (bicyclic) bond motifs is 1. The SMILES string of the molecule is Cc1ccc(-c2nc3ccccn3c2CC2CNCCN2C(=O)C2CCCC2)cc1. The van der Waals surface area contributed by atoms with E-state index in [4.69, 9.17) is 4.98 Å². The van der Waals surface area contributed by atoms with Gasteiger partial charge in [-0.2, -0.15) is 0 Å². The fourth-order valence-corrected chi connectivity index (χ4v) is 5.05. The average Bonchev–Trinajstić information content (AvgIpc) is 3.43. The Kier molecular flexibility index (Phi) is 5.30. The van der Waals surface area contributed by atoms with Crippen LogP contribution in [0.1, 0.15) is 36.9 Å². The third kappa shape index (κ3) is 3.63. The molecule has 1 aliphatic carbocycles. The summed E-state index contributed by atoms with van der Waals surface area (Å²) in [6.07, 6.45) is 7.39. The van der Waals surface area contributed by atoms with Crippen molar-refractivity contribution in [2.75, 3.05) is 19.6 Å². The summed E-state index contributed by atoms with van der Waals surface area (Å²) in [5.74, 6) is 0.592. The molecule has 1 N–H and O–H groups in total. The van der Waals surface area contributed by atoms with Crippen molar-refractivity contribution in [1.29, 1.82) is 0 Å². The number of aromatic nitrogens is 2. The number of pyridine rings is 1. The molecule has 2 fully saturated rings. The van der Waals surface area contributed by atoms with E-state index < -0.39 is 0 Å². The Balaban J connectivity index is 1.51. The number of piperazine rings is 1. The fourth-order valence-electron chi connectivity index (χ4n) is 5.05. The van der Waals surface area contributed by atoms with Crippen molar-refractivity contribution in [3.63, 3.8) is 0 Å². The molecule has 1 atom stereocenters. The fraction of sp³-hybridized carbons (Fsp3) is 0.440. The zero-order valence-corrected chi connectivity index (χ0v) is 17.7. The zero-order valence-electron chi connectivity index (χ0n) is 17.7. The largest absolute Gasteiger partial charge is 0.337 e. The van der Waals surface area contributed by atoms with Gasteiger partial charge in [-0.05, 0) is 31.9 Å². The van der Waals surface area contributed by atoms with Crippen LogP contribution < -0.4 is 5.32 Å². The summed E-state index contributed by atoms with van der Waals surface area (Å²) >= 11 is 0. The number of hydrogen-bond donors (Lipinski definition) is 1. The quantitative estimate of drug-likeness (QED) is 0.721. The zero-order chi connectivity index (χ0) is 20.5. The van der Waals surface area contributed by atoms with Crippen molar-refractivity contribution >= 4 is 11.6 Å². The molecule has 0 bridgehead atoms. The Hall–Kier alpha value is -2.66. The minimum absolute atomic E-state index is 0.163. The number of nitrogens with one attached hydrogen (secondary N) is 1. The number of nitrogens with zero attached hydrogens (tertiary/aromatic N) is 3. The maximum Gasteiger partial charge on any atom is 0.226 e. The van der Waals surface area contributed by atoms with E-state index in [1.54, 1.807) is 0 Å². The highest BCUT2D eigenvalue weighted by molar-refractivity contribution is 5.79. The normalized spacial score (nSPS) is 20.2. The Labute approximate surface area is 178 Å². The second-order valence-corrected chi connectivity index (χ2v) is 8.78. The van der Waals surface area contributed by atoms with Crippen molar-refractivity contribution in [2.45, 2.75) is 45.1 Å². The van der Waals surface area contributed by atoms with Crippen molar-refractivity contribution in [1.82, 2.24) is 19.6 Å². The third-order valence-electron chi connectivity index (χ3n) is 6.72. The van der Waals surface area contributed by atoms with E-state index >= 15 is 0 Å². The van der Waals surface area contributed by atoms with Crippen molar-refractivity contribution in [3.8, 4) is 11.3 Å². The van der Waals surface area contributed by atoms with Crippen LogP contribution in [0.25, 0.3) is 16.9 Å². The van der Waals surface area contributed by atoms with Gasteiger partial charge in [-0.15, -0.1) is 0 Å². The molecule has 0 radical (unpaired) electrons. The Bertz CT molecular complexity index is 1030. The van der Waals surface area contributed by atoms with Crippen LogP contribution >= 0.6 is 0 Å². The summed E-state index contributed by atoms with van der Waals surface area (Å²) in [4.78, 5) is 20.4. The maximum atomic E-state index is 13.3. The number of amides is 1. The number of carbonyl (C=O) groups excluding carboxylic acids is 1. The van der Waals surface area contributed by atoms with E-state index in [1.165, 1.54) is 24.1 Å².